The van der Waals surface area contributed by atoms with Crippen LogP contribution < -0.4 is 4.74 Å². The maximum Gasteiger partial charge on any atom is 0.321 e. The van der Waals surface area contributed by atoms with Crippen LogP contribution in [0, 0.1) is 25.5 Å². The van der Waals surface area contributed by atoms with E-state index in [4.69, 9.17) is 4.74 Å². The van der Waals surface area contributed by atoms with Crippen molar-refractivity contribution in [1.29, 1.82) is 0 Å². The van der Waals surface area contributed by atoms with Crippen molar-refractivity contribution in [3.8, 4) is 5.75 Å². The summed E-state index contributed by atoms with van der Waals surface area (Å²) in [7, 11) is 0. The molecule has 0 atom stereocenters. The number of hydrogen-bond acceptors (Lipinski definition) is 3. The van der Waals surface area contributed by atoms with Crippen LogP contribution in [0.25, 0.3) is 0 Å². The molecule has 0 heterocycles. The van der Waals surface area contributed by atoms with Crippen LogP contribution in [0.3, 0.4) is 0 Å². The van der Waals surface area contributed by atoms with E-state index in [0.29, 0.717) is 10.6 Å². The van der Waals surface area contributed by atoms with Gasteiger partial charge in [-0.3, -0.25) is 4.79 Å². The Bertz CT molecular complexity index is 671. The Morgan fingerprint density at radius 1 is 1.10 bits per heavy atom. The molecule has 0 bridgehead atoms. The fourth-order valence-corrected chi connectivity index (χ4v) is 2.47. The van der Waals surface area contributed by atoms with Gasteiger partial charge in [0.15, 0.2) is 11.6 Å². The lowest BCUT2D eigenvalue weighted by atomic mass is 10.1. The molecule has 110 valence electrons. The molecule has 0 aromatic heterocycles. The molecule has 2 rings (SSSR count). The van der Waals surface area contributed by atoms with Crippen LogP contribution in [0.15, 0.2) is 41.3 Å². The highest BCUT2D eigenvalue weighted by atomic mass is 32.2. The first-order valence-electron chi connectivity index (χ1n) is 6.31. The van der Waals surface area contributed by atoms with Crippen LogP contribution in [0.5, 0.6) is 5.75 Å². The summed E-state index contributed by atoms with van der Waals surface area (Å²) in [6.07, 6.45) is 0. The summed E-state index contributed by atoms with van der Waals surface area (Å²) in [6, 6.07) is 9.04. The first-order valence-corrected chi connectivity index (χ1v) is 7.30. The molecule has 0 aliphatic carbocycles. The average Bonchev–Trinajstić information content (AvgIpc) is 2.43. The van der Waals surface area contributed by atoms with Gasteiger partial charge in [0.2, 0.25) is 0 Å². The van der Waals surface area contributed by atoms with Crippen LogP contribution in [0.2, 0.25) is 0 Å². The van der Waals surface area contributed by atoms with Gasteiger partial charge in [0.1, 0.15) is 5.75 Å². The molecule has 0 aliphatic heterocycles. The van der Waals surface area contributed by atoms with Crippen molar-refractivity contribution >= 4 is 17.7 Å². The highest BCUT2D eigenvalue weighted by Gasteiger charge is 2.09. The van der Waals surface area contributed by atoms with Gasteiger partial charge < -0.3 is 4.74 Å². The normalized spacial score (nSPS) is 10.5. The molecule has 0 fully saturated rings. The zero-order valence-corrected chi connectivity index (χ0v) is 12.5. The van der Waals surface area contributed by atoms with Crippen molar-refractivity contribution in [1.82, 2.24) is 0 Å². The zero-order valence-electron chi connectivity index (χ0n) is 11.7. The van der Waals surface area contributed by atoms with Crippen LogP contribution in [0.4, 0.5) is 8.78 Å². The summed E-state index contributed by atoms with van der Waals surface area (Å²) in [5.41, 5.74) is 1.96. The Morgan fingerprint density at radius 3 is 2.52 bits per heavy atom. The topological polar surface area (TPSA) is 26.3 Å². The second kappa shape index (κ2) is 6.72. The predicted octanol–water partition coefficient (Wildman–Crippen LogP) is 4.28. The van der Waals surface area contributed by atoms with Gasteiger partial charge >= 0.3 is 5.97 Å². The second-order valence-corrected chi connectivity index (χ2v) is 5.66. The van der Waals surface area contributed by atoms with Crippen molar-refractivity contribution in [2.24, 2.45) is 0 Å². The molecule has 0 saturated carbocycles. The summed E-state index contributed by atoms with van der Waals surface area (Å²) in [4.78, 5) is 12.2. The molecular weight excluding hydrogens is 294 g/mol. The molecule has 2 aromatic carbocycles. The SMILES string of the molecule is Cc1ccc(OC(=O)CSc2ccc(F)c(F)c2)c(C)c1. The zero-order chi connectivity index (χ0) is 15.4. The van der Waals surface area contributed by atoms with Crippen molar-refractivity contribution in [3.05, 3.63) is 59.2 Å². The van der Waals surface area contributed by atoms with Crippen LogP contribution in [0.1, 0.15) is 11.1 Å². The number of thioether (sulfide) groups is 1. The summed E-state index contributed by atoms with van der Waals surface area (Å²) < 4.78 is 31.1. The molecule has 0 spiro atoms. The van der Waals surface area contributed by atoms with Gasteiger partial charge in [-0.1, -0.05) is 17.7 Å². The highest BCUT2D eigenvalue weighted by Crippen LogP contribution is 2.22. The largest absolute Gasteiger partial charge is 0.426 e. The van der Waals surface area contributed by atoms with Crippen molar-refractivity contribution in [3.63, 3.8) is 0 Å². The van der Waals surface area contributed by atoms with E-state index in [2.05, 4.69) is 0 Å². The van der Waals surface area contributed by atoms with Crippen LogP contribution in [-0.4, -0.2) is 11.7 Å². The molecular formula is C16H14F2O2S. The highest BCUT2D eigenvalue weighted by molar-refractivity contribution is 8.00. The fraction of sp³-hybridized carbons (Fsp3) is 0.188. The number of benzene rings is 2. The number of esters is 1. The standard InChI is InChI=1S/C16H14F2O2S/c1-10-3-6-15(11(2)7-10)20-16(19)9-21-12-4-5-13(17)14(18)8-12/h3-8H,9H2,1-2H3. The molecule has 2 nitrogen and oxygen atoms in total. The molecule has 0 aliphatic rings. The first-order chi connectivity index (χ1) is 9.95. The minimum Gasteiger partial charge on any atom is -0.426 e. The number of rotatable bonds is 4. The molecule has 0 unspecified atom stereocenters. The van der Waals surface area contributed by atoms with Gasteiger partial charge in [-0.15, -0.1) is 11.8 Å². The Kier molecular flexibility index (Phi) is 4.96. The van der Waals surface area contributed by atoms with E-state index in [0.717, 1.165) is 35.0 Å². The lowest BCUT2D eigenvalue weighted by Gasteiger charge is -2.08. The van der Waals surface area contributed by atoms with Gasteiger partial charge in [0.05, 0.1) is 5.75 Å². The number of halogens is 2. The smallest absolute Gasteiger partial charge is 0.321 e. The molecule has 0 radical (unpaired) electrons. The van der Waals surface area contributed by atoms with Crippen LogP contribution in [-0.2, 0) is 4.79 Å². The monoisotopic (exact) mass is 308 g/mol. The van der Waals surface area contributed by atoms with E-state index in [-0.39, 0.29) is 5.75 Å². The Morgan fingerprint density at radius 2 is 1.86 bits per heavy atom. The first kappa shape index (κ1) is 15.5. The quantitative estimate of drug-likeness (QED) is 0.479. The van der Waals surface area contributed by atoms with Gasteiger partial charge in [-0.2, -0.15) is 0 Å². The van der Waals surface area contributed by atoms with Gasteiger partial charge in [-0.25, -0.2) is 8.78 Å². The summed E-state index contributed by atoms with van der Waals surface area (Å²) >= 11 is 1.10. The molecule has 0 amide bonds. The van der Waals surface area contributed by atoms with E-state index in [1.165, 1.54) is 6.07 Å². The van der Waals surface area contributed by atoms with Crippen molar-refractivity contribution in [2.45, 2.75) is 18.7 Å². The van der Waals surface area contributed by atoms with Gasteiger partial charge in [0, 0.05) is 4.90 Å². The molecule has 5 heteroatoms. The second-order valence-electron chi connectivity index (χ2n) is 4.61. The maximum absolute atomic E-state index is 13.0. The van der Waals surface area contributed by atoms with E-state index in [1.807, 2.05) is 26.0 Å². The number of carbonyl (C=O) groups excluding carboxylic acids is 1. The van der Waals surface area contributed by atoms with E-state index in [1.54, 1.807) is 6.07 Å². The third-order valence-corrected chi connectivity index (χ3v) is 3.77. The minimum atomic E-state index is -0.928. The Balaban J connectivity index is 1.94. The third kappa shape index (κ3) is 4.29. The summed E-state index contributed by atoms with van der Waals surface area (Å²) in [5.74, 6) is -1.73. The van der Waals surface area contributed by atoms with E-state index in [9.17, 15) is 13.6 Å². The number of carbonyl (C=O) groups is 1. The van der Waals surface area contributed by atoms with E-state index >= 15 is 0 Å². The third-order valence-electron chi connectivity index (χ3n) is 2.80. The van der Waals surface area contributed by atoms with Crippen molar-refractivity contribution in [2.75, 3.05) is 5.75 Å². The average molecular weight is 308 g/mol. The lowest BCUT2D eigenvalue weighted by Crippen LogP contribution is -2.11. The minimum absolute atomic E-state index is 0.0262. The summed E-state index contributed by atoms with van der Waals surface area (Å²) in [6.45, 7) is 3.82. The Hall–Kier alpha value is -1.88. The number of hydrogen-bond donors (Lipinski definition) is 0. The number of aryl methyl sites for hydroxylation is 2. The van der Waals surface area contributed by atoms with Gasteiger partial charge in [-0.05, 0) is 43.7 Å². The lowest BCUT2D eigenvalue weighted by molar-refractivity contribution is -0.131. The molecule has 0 saturated heterocycles. The predicted molar refractivity (Wildman–Crippen MR) is 78.6 cm³/mol. The molecule has 0 N–H and O–H groups in total. The summed E-state index contributed by atoms with van der Waals surface area (Å²) in [5, 5.41) is 0. The van der Waals surface area contributed by atoms with Gasteiger partial charge in [0.25, 0.3) is 0 Å². The molecule has 21 heavy (non-hydrogen) atoms. The van der Waals surface area contributed by atoms with Crippen molar-refractivity contribution < 1.29 is 18.3 Å². The number of ether oxygens (including phenoxy) is 1. The van der Waals surface area contributed by atoms with E-state index < -0.39 is 17.6 Å². The Labute approximate surface area is 126 Å². The molecule has 2 aromatic rings. The fourth-order valence-electron chi connectivity index (χ4n) is 1.77. The maximum atomic E-state index is 13.0. The van der Waals surface area contributed by atoms with Crippen LogP contribution >= 0.6 is 11.8 Å².